The maximum absolute atomic E-state index is 13.3. The van der Waals surface area contributed by atoms with E-state index in [1.165, 1.54) is 29.2 Å². The lowest BCUT2D eigenvalue weighted by molar-refractivity contribution is -0.137. The number of rotatable bonds is 5. The van der Waals surface area contributed by atoms with Crippen LogP contribution in [0, 0.1) is 0 Å². The number of carbonyl (C=O) groups excluding carboxylic acids is 1. The quantitative estimate of drug-likeness (QED) is 0.625. The van der Waals surface area contributed by atoms with Crippen LogP contribution >= 0.6 is 23.1 Å². The number of thioether (sulfide) groups is 1. The molecule has 1 amide bonds. The van der Waals surface area contributed by atoms with Crippen molar-refractivity contribution in [1.29, 1.82) is 0 Å². The van der Waals surface area contributed by atoms with E-state index < -0.39 is 11.7 Å². The van der Waals surface area contributed by atoms with Gasteiger partial charge in [-0.15, -0.1) is 11.3 Å². The molecule has 0 spiro atoms. The van der Waals surface area contributed by atoms with Gasteiger partial charge in [-0.05, 0) is 25.2 Å². The summed E-state index contributed by atoms with van der Waals surface area (Å²) in [6.45, 7) is 9.20. The summed E-state index contributed by atoms with van der Waals surface area (Å²) in [6, 6.07) is 3.55. The molecule has 31 heavy (non-hydrogen) atoms. The Morgan fingerprint density at radius 2 is 1.87 bits per heavy atom. The molecule has 170 valence electrons. The van der Waals surface area contributed by atoms with Crippen LogP contribution in [0.5, 0.6) is 0 Å². The van der Waals surface area contributed by atoms with Crippen molar-refractivity contribution >= 4 is 40.4 Å². The molecule has 5 nitrogen and oxygen atoms in total. The molecule has 0 atom stereocenters. The van der Waals surface area contributed by atoms with E-state index in [0.29, 0.717) is 18.8 Å². The van der Waals surface area contributed by atoms with Crippen LogP contribution in [0.4, 0.5) is 24.5 Å². The van der Waals surface area contributed by atoms with Crippen LogP contribution in [0.1, 0.15) is 32.0 Å². The molecular formula is C21H27F3N4OS2. The second kappa shape index (κ2) is 9.38. The van der Waals surface area contributed by atoms with Gasteiger partial charge in [-0.25, -0.2) is 4.98 Å². The van der Waals surface area contributed by atoms with Gasteiger partial charge in [0.25, 0.3) is 0 Å². The highest BCUT2D eigenvalue weighted by Gasteiger charge is 2.32. The van der Waals surface area contributed by atoms with Crippen LogP contribution in [0.25, 0.3) is 0 Å². The molecule has 2 heterocycles. The molecule has 0 unspecified atom stereocenters. The number of nitrogens with zero attached hydrogens (tertiary/aromatic N) is 3. The third-order valence-corrected chi connectivity index (χ3v) is 7.04. The molecule has 0 radical (unpaired) electrons. The summed E-state index contributed by atoms with van der Waals surface area (Å²) in [7, 11) is 2.01. The maximum atomic E-state index is 13.3. The molecule has 0 bridgehead atoms. The number of carbonyl (C=O) groups is 1. The summed E-state index contributed by atoms with van der Waals surface area (Å²) in [5.74, 6) is -0.276. The summed E-state index contributed by atoms with van der Waals surface area (Å²) in [6.07, 6.45) is -4.47. The zero-order chi connectivity index (χ0) is 22.8. The Kier molecular flexibility index (Phi) is 7.22. The minimum absolute atomic E-state index is 0.0764. The van der Waals surface area contributed by atoms with Crippen LogP contribution in [0.2, 0.25) is 0 Å². The van der Waals surface area contributed by atoms with Crippen LogP contribution in [-0.4, -0.2) is 54.8 Å². The first kappa shape index (κ1) is 23.9. The van der Waals surface area contributed by atoms with E-state index in [4.69, 9.17) is 0 Å². The molecular weight excluding hydrogens is 445 g/mol. The van der Waals surface area contributed by atoms with E-state index >= 15 is 0 Å². The van der Waals surface area contributed by atoms with Gasteiger partial charge in [-0.3, -0.25) is 4.79 Å². The summed E-state index contributed by atoms with van der Waals surface area (Å²) >= 11 is 2.76. The van der Waals surface area contributed by atoms with Crippen molar-refractivity contribution in [3.63, 3.8) is 0 Å². The van der Waals surface area contributed by atoms with Gasteiger partial charge in [0.15, 0.2) is 4.34 Å². The number of nitrogens with one attached hydrogen (secondary N) is 1. The van der Waals surface area contributed by atoms with Gasteiger partial charge in [-0.2, -0.15) is 13.2 Å². The Morgan fingerprint density at radius 3 is 2.45 bits per heavy atom. The normalized spacial score (nSPS) is 15.9. The molecule has 0 saturated carbocycles. The number of aromatic nitrogens is 1. The number of hydrogen-bond acceptors (Lipinski definition) is 6. The number of thiazole rings is 1. The van der Waals surface area contributed by atoms with E-state index in [-0.39, 0.29) is 22.8 Å². The molecule has 1 saturated heterocycles. The predicted octanol–water partition coefficient (Wildman–Crippen LogP) is 4.94. The van der Waals surface area contributed by atoms with Crippen molar-refractivity contribution < 1.29 is 18.0 Å². The van der Waals surface area contributed by atoms with Gasteiger partial charge in [-0.1, -0.05) is 32.5 Å². The second-order valence-corrected chi connectivity index (χ2v) is 10.7. The lowest BCUT2D eigenvalue weighted by Gasteiger charge is -2.35. The van der Waals surface area contributed by atoms with E-state index in [1.54, 1.807) is 0 Å². The predicted molar refractivity (Wildman–Crippen MR) is 121 cm³/mol. The molecule has 0 aliphatic carbocycles. The number of amides is 1. The van der Waals surface area contributed by atoms with E-state index in [1.807, 2.05) is 17.3 Å². The van der Waals surface area contributed by atoms with Crippen LogP contribution in [-0.2, 0) is 16.4 Å². The number of halogens is 3. The summed E-state index contributed by atoms with van der Waals surface area (Å²) in [4.78, 5) is 21.3. The maximum Gasteiger partial charge on any atom is 0.416 e. The van der Waals surface area contributed by atoms with Crippen molar-refractivity contribution in [2.45, 2.75) is 36.7 Å². The highest BCUT2D eigenvalue weighted by molar-refractivity contribution is 8.01. The van der Waals surface area contributed by atoms with Gasteiger partial charge < -0.3 is 15.1 Å². The number of alkyl halides is 3. The fourth-order valence-electron chi connectivity index (χ4n) is 3.12. The third kappa shape index (κ3) is 6.36. The minimum Gasteiger partial charge on any atom is -0.367 e. The number of benzene rings is 1. The zero-order valence-corrected chi connectivity index (χ0v) is 19.7. The first-order chi connectivity index (χ1) is 14.4. The van der Waals surface area contributed by atoms with Crippen molar-refractivity contribution in [2.75, 3.05) is 49.2 Å². The lowest BCUT2D eigenvalue weighted by Crippen LogP contribution is -2.44. The molecule has 10 heteroatoms. The monoisotopic (exact) mass is 472 g/mol. The van der Waals surface area contributed by atoms with Crippen molar-refractivity contribution in [2.24, 2.45) is 0 Å². The van der Waals surface area contributed by atoms with Gasteiger partial charge in [0.2, 0.25) is 5.91 Å². The molecule has 2 aromatic rings. The Bertz CT molecular complexity index is 916. The Labute approximate surface area is 189 Å². The van der Waals surface area contributed by atoms with Gasteiger partial charge >= 0.3 is 6.18 Å². The van der Waals surface area contributed by atoms with Gasteiger partial charge in [0, 0.05) is 37.0 Å². The van der Waals surface area contributed by atoms with E-state index in [0.717, 1.165) is 35.3 Å². The summed E-state index contributed by atoms with van der Waals surface area (Å²) in [5, 5.41) is 4.67. The smallest absolute Gasteiger partial charge is 0.367 e. The fraction of sp³-hybridized carbons (Fsp3) is 0.524. The summed E-state index contributed by atoms with van der Waals surface area (Å²) < 4.78 is 40.5. The van der Waals surface area contributed by atoms with Gasteiger partial charge in [0.1, 0.15) is 0 Å². The average Bonchev–Trinajstić information content (AvgIpc) is 3.16. The summed E-state index contributed by atoms with van der Waals surface area (Å²) in [5.41, 5.74) is 0.912. The molecule has 1 aromatic carbocycles. The van der Waals surface area contributed by atoms with E-state index in [9.17, 15) is 18.0 Å². The van der Waals surface area contributed by atoms with Crippen LogP contribution in [0.3, 0.4) is 0 Å². The number of hydrogen-bond donors (Lipinski definition) is 1. The SMILES string of the molecule is CN1CCN(c2ccc(C(F)(F)F)cc2NC(=O)CSc2nc(C(C)(C)C)cs2)CC1. The van der Waals surface area contributed by atoms with E-state index in [2.05, 4.69) is 36.0 Å². The van der Waals surface area contributed by atoms with Crippen molar-refractivity contribution in [1.82, 2.24) is 9.88 Å². The first-order valence-corrected chi connectivity index (χ1v) is 11.8. The zero-order valence-electron chi connectivity index (χ0n) is 18.0. The molecule has 1 aliphatic heterocycles. The number of likely N-dealkylation sites (N-methyl/N-ethyl adjacent to an activating group) is 1. The highest BCUT2D eigenvalue weighted by atomic mass is 32.2. The molecule has 1 N–H and O–H groups in total. The van der Waals surface area contributed by atoms with Crippen LogP contribution in [0.15, 0.2) is 27.9 Å². The largest absolute Gasteiger partial charge is 0.416 e. The number of anilines is 2. The minimum atomic E-state index is -4.47. The average molecular weight is 473 g/mol. The number of piperazine rings is 1. The fourth-order valence-corrected chi connectivity index (χ4v) is 4.97. The highest BCUT2D eigenvalue weighted by Crippen LogP contribution is 2.36. The van der Waals surface area contributed by atoms with Crippen molar-refractivity contribution in [3.8, 4) is 0 Å². The van der Waals surface area contributed by atoms with Gasteiger partial charge in [0.05, 0.1) is 28.4 Å². The molecule has 1 fully saturated rings. The van der Waals surface area contributed by atoms with Crippen molar-refractivity contribution in [3.05, 3.63) is 34.8 Å². The topological polar surface area (TPSA) is 48.5 Å². The molecule has 1 aliphatic rings. The standard InChI is InChI=1S/C21H27F3N4OS2/c1-20(2,3)17-12-30-19(26-17)31-13-18(29)25-15-11-14(21(22,23)24)5-6-16(15)28-9-7-27(4)8-10-28/h5-6,11-12H,7-10,13H2,1-4H3,(H,25,29). The lowest BCUT2D eigenvalue weighted by atomic mass is 9.93. The molecule has 3 rings (SSSR count). The van der Waals surface area contributed by atoms with Crippen LogP contribution < -0.4 is 10.2 Å². The second-order valence-electron chi connectivity index (χ2n) is 8.61. The Balaban J connectivity index is 1.73. The Morgan fingerprint density at radius 1 is 1.19 bits per heavy atom. The first-order valence-electron chi connectivity index (χ1n) is 9.97. The Hall–Kier alpha value is -1.78. The molecule has 1 aromatic heterocycles. The third-order valence-electron chi connectivity index (χ3n) is 5.02.